The molecule has 0 saturated carbocycles. The molecular formula is C24H22ClN3O2S2. The van der Waals surface area contributed by atoms with Crippen LogP contribution in [0.4, 0.5) is 5.69 Å². The van der Waals surface area contributed by atoms with Gasteiger partial charge >= 0.3 is 0 Å². The highest BCUT2D eigenvalue weighted by atomic mass is 35.5. The summed E-state index contributed by atoms with van der Waals surface area (Å²) in [5.74, 6) is -0.0464. The first-order valence-electron chi connectivity index (χ1n) is 10.1. The molecule has 0 spiro atoms. The Kier molecular flexibility index (Phi) is 6.69. The lowest BCUT2D eigenvalue weighted by Crippen LogP contribution is -2.23. The Hall–Kier alpha value is -2.61. The fourth-order valence-corrected chi connectivity index (χ4v) is 5.34. The summed E-state index contributed by atoms with van der Waals surface area (Å²) in [5.41, 5.74) is 5.35. The third-order valence-corrected chi connectivity index (χ3v) is 7.30. The van der Waals surface area contributed by atoms with Crippen LogP contribution in [-0.2, 0) is 11.3 Å². The van der Waals surface area contributed by atoms with Gasteiger partial charge in [-0.25, -0.2) is 4.98 Å². The number of anilines is 1. The summed E-state index contributed by atoms with van der Waals surface area (Å²) in [6.45, 7) is 6.34. The number of thioether (sulfide) groups is 1. The number of amides is 1. The Morgan fingerprint density at radius 3 is 2.66 bits per heavy atom. The second-order valence-electron chi connectivity index (χ2n) is 7.43. The van der Waals surface area contributed by atoms with Gasteiger partial charge in [0.15, 0.2) is 5.16 Å². The molecule has 0 saturated heterocycles. The number of benzene rings is 2. The summed E-state index contributed by atoms with van der Waals surface area (Å²) >= 11 is 8.71. The highest BCUT2D eigenvalue weighted by molar-refractivity contribution is 7.99. The molecule has 2 heterocycles. The summed E-state index contributed by atoms with van der Waals surface area (Å²) in [5, 5.41) is 5.97. The van der Waals surface area contributed by atoms with E-state index in [1.165, 1.54) is 28.7 Å². The van der Waals surface area contributed by atoms with E-state index in [1.807, 2.05) is 56.5 Å². The second kappa shape index (κ2) is 9.48. The Morgan fingerprint density at radius 1 is 1.19 bits per heavy atom. The number of nitrogens with zero attached hydrogens (tertiary/aromatic N) is 2. The van der Waals surface area contributed by atoms with E-state index in [4.69, 9.17) is 16.6 Å². The third-order valence-electron chi connectivity index (χ3n) is 5.13. The van der Waals surface area contributed by atoms with Crippen LogP contribution in [0.5, 0.6) is 0 Å². The van der Waals surface area contributed by atoms with E-state index < -0.39 is 0 Å². The van der Waals surface area contributed by atoms with Crippen molar-refractivity contribution in [3.63, 3.8) is 0 Å². The number of carbonyl (C=O) groups is 1. The molecule has 2 aromatic heterocycles. The molecule has 1 N–H and O–H groups in total. The number of nitrogens with one attached hydrogen (secondary N) is 1. The predicted molar refractivity (Wildman–Crippen MR) is 135 cm³/mol. The summed E-state index contributed by atoms with van der Waals surface area (Å²) in [6.07, 6.45) is 0. The van der Waals surface area contributed by atoms with Crippen molar-refractivity contribution in [2.24, 2.45) is 0 Å². The normalized spacial score (nSPS) is 11.1. The average molecular weight is 484 g/mol. The molecule has 8 heteroatoms. The molecule has 0 fully saturated rings. The zero-order chi connectivity index (χ0) is 22.8. The maximum atomic E-state index is 13.1. The van der Waals surface area contributed by atoms with Crippen molar-refractivity contribution in [1.82, 2.24) is 9.55 Å². The number of carbonyl (C=O) groups excluding carboxylic acids is 1. The minimum atomic E-state index is -0.179. The fraction of sp³-hybridized carbons (Fsp3) is 0.208. The van der Waals surface area contributed by atoms with Crippen LogP contribution in [-0.4, -0.2) is 21.2 Å². The number of halogens is 1. The Bertz CT molecular complexity index is 1360. The van der Waals surface area contributed by atoms with Crippen LogP contribution in [0.2, 0.25) is 5.02 Å². The van der Waals surface area contributed by atoms with Gasteiger partial charge < -0.3 is 5.32 Å². The van der Waals surface area contributed by atoms with Crippen LogP contribution in [0.15, 0.2) is 57.8 Å². The van der Waals surface area contributed by atoms with Gasteiger partial charge in [0, 0.05) is 28.2 Å². The minimum absolute atomic E-state index is 0.0746. The van der Waals surface area contributed by atoms with Crippen molar-refractivity contribution in [2.45, 2.75) is 32.5 Å². The lowest BCUT2D eigenvalue weighted by atomic mass is 10.1. The molecule has 0 aliphatic heterocycles. The lowest BCUT2D eigenvalue weighted by molar-refractivity contribution is -0.113. The number of aromatic nitrogens is 2. The van der Waals surface area contributed by atoms with Crippen molar-refractivity contribution in [3.8, 4) is 11.1 Å². The Balaban J connectivity index is 1.63. The number of aryl methyl sites for hydroxylation is 2. The first kappa shape index (κ1) is 22.6. The molecule has 1 amide bonds. The lowest BCUT2D eigenvalue weighted by Gasteiger charge is -2.11. The first-order chi connectivity index (χ1) is 15.4. The van der Waals surface area contributed by atoms with E-state index in [-0.39, 0.29) is 17.2 Å². The number of hydrogen-bond acceptors (Lipinski definition) is 5. The van der Waals surface area contributed by atoms with E-state index in [0.717, 1.165) is 16.7 Å². The molecule has 0 radical (unpaired) electrons. The molecule has 5 nitrogen and oxygen atoms in total. The van der Waals surface area contributed by atoms with Crippen molar-refractivity contribution >= 4 is 56.5 Å². The van der Waals surface area contributed by atoms with Gasteiger partial charge in [0.2, 0.25) is 5.91 Å². The van der Waals surface area contributed by atoms with Crippen molar-refractivity contribution in [2.75, 3.05) is 11.1 Å². The highest BCUT2D eigenvalue weighted by Gasteiger charge is 2.17. The van der Waals surface area contributed by atoms with Gasteiger partial charge in [-0.1, -0.05) is 59.3 Å². The highest BCUT2D eigenvalue weighted by Crippen LogP contribution is 2.32. The zero-order valence-corrected chi connectivity index (χ0v) is 20.3. The molecular weight excluding hydrogens is 462 g/mol. The Labute approximate surface area is 199 Å². The van der Waals surface area contributed by atoms with Crippen LogP contribution in [0, 0.1) is 13.8 Å². The topological polar surface area (TPSA) is 64.0 Å². The molecule has 0 atom stereocenters. The number of hydrogen-bond donors (Lipinski definition) is 1. The van der Waals surface area contributed by atoms with Crippen LogP contribution < -0.4 is 10.9 Å². The van der Waals surface area contributed by atoms with Gasteiger partial charge in [-0.05, 0) is 44.0 Å². The maximum absolute atomic E-state index is 13.1. The molecule has 164 valence electrons. The van der Waals surface area contributed by atoms with Crippen LogP contribution in [0.3, 0.4) is 0 Å². The standard InChI is InChI=1S/C24H22ClN3O2S2/c1-4-28-23(30)22-21(18(12-31-22)16-8-5-14(2)6-9-16)27-24(28)32-13-20(29)26-19-11-17(25)10-7-15(19)3/h5-12H,4,13H2,1-3H3,(H,26,29). The van der Waals surface area contributed by atoms with Crippen molar-refractivity contribution < 1.29 is 4.79 Å². The fourth-order valence-electron chi connectivity index (χ4n) is 3.35. The third kappa shape index (κ3) is 4.60. The molecule has 0 bridgehead atoms. The first-order valence-corrected chi connectivity index (χ1v) is 12.4. The molecule has 0 aliphatic carbocycles. The van der Waals surface area contributed by atoms with E-state index >= 15 is 0 Å². The monoisotopic (exact) mass is 483 g/mol. The number of rotatable bonds is 6. The molecule has 0 aliphatic rings. The summed E-state index contributed by atoms with van der Waals surface area (Å²) < 4.78 is 2.26. The van der Waals surface area contributed by atoms with Gasteiger partial charge in [0.25, 0.3) is 5.56 Å². The number of thiophene rings is 1. The van der Waals surface area contributed by atoms with Crippen molar-refractivity contribution in [3.05, 3.63) is 74.3 Å². The Morgan fingerprint density at radius 2 is 1.94 bits per heavy atom. The van der Waals surface area contributed by atoms with E-state index in [1.54, 1.807) is 16.7 Å². The quantitative estimate of drug-likeness (QED) is 0.264. The summed E-state index contributed by atoms with van der Waals surface area (Å²) in [4.78, 5) is 30.5. The molecule has 4 aromatic rings. The van der Waals surface area contributed by atoms with Crippen LogP contribution in [0.1, 0.15) is 18.1 Å². The molecule has 32 heavy (non-hydrogen) atoms. The molecule has 4 rings (SSSR count). The summed E-state index contributed by atoms with van der Waals surface area (Å²) in [6, 6.07) is 13.5. The molecule has 0 unspecified atom stereocenters. The maximum Gasteiger partial charge on any atom is 0.272 e. The summed E-state index contributed by atoms with van der Waals surface area (Å²) in [7, 11) is 0. The largest absolute Gasteiger partial charge is 0.325 e. The van der Waals surface area contributed by atoms with Crippen LogP contribution >= 0.6 is 34.7 Å². The predicted octanol–water partition coefficient (Wildman–Crippen LogP) is 6.15. The molecule has 2 aromatic carbocycles. The van der Waals surface area contributed by atoms with Gasteiger partial charge in [-0.2, -0.15) is 0 Å². The SMILES string of the molecule is CCn1c(SCC(=O)Nc2cc(Cl)ccc2C)nc2c(-c3ccc(C)cc3)csc2c1=O. The van der Waals surface area contributed by atoms with E-state index in [2.05, 4.69) is 5.32 Å². The zero-order valence-electron chi connectivity index (χ0n) is 17.9. The van der Waals surface area contributed by atoms with Gasteiger partial charge in [0.05, 0.1) is 11.3 Å². The smallest absolute Gasteiger partial charge is 0.272 e. The van der Waals surface area contributed by atoms with Gasteiger partial charge in [-0.15, -0.1) is 11.3 Å². The van der Waals surface area contributed by atoms with Gasteiger partial charge in [-0.3, -0.25) is 14.2 Å². The van der Waals surface area contributed by atoms with Gasteiger partial charge in [0.1, 0.15) is 4.70 Å². The van der Waals surface area contributed by atoms with E-state index in [9.17, 15) is 9.59 Å². The van der Waals surface area contributed by atoms with Crippen molar-refractivity contribution in [1.29, 1.82) is 0 Å². The average Bonchev–Trinajstić information content (AvgIpc) is 3.20. The second-order valence-corrected chi connectivity index (χ2v) is 9.69. The number of fused-ring (bicyclic) bond motifs is 1. The van der Waals surface area contributed by atoms with E-state index in [0.29, 0.717) is 32.6 Å². The minimum Gasteiger partial charge on any atom is -0.325 e. The van der Waals surface area contributed by atoms with Crippen LogP contribution in [0.25, 0.3) is 21.3 Å².